The molecule has 7 heteroatoms. The molecule has 0 unspecified atom stereocenters. The zero-order valence-corrected chi connectivity index (χ0v) is 17.5. The molecule has 1 N–H and O–H groups in total. The van der Waals surface area contributed by atoms with E-state index >= 15 is 0 Å². The van der Waals surface area contributed by atoms with Crippen molar-refractivity contribution in [3.63, 3.8) is 0 Å². The number of benzene rings is 2. The van der Waals surface area contributed by atoms with Crippen molar-refractivity contribution in [1.82, 2.24) is 9.62 Å². The predicted molar refractivity (Wildman–Crippen MR) is 105 cm³/mol. The highest BCUT2D eigenvalue weighted by Crippen LogP contribution is 2.25. The minimum atomic E-state index is -3.59. The van der Waals surface area contributed by atoms with E-state index in [0.29, 0.717) is 11.0 Å². The molecule has 0 saturated carbocycles. The van der Waals surface area contributed by atoms with Gasteiger partial charge in [-0.15, -0.1) is 0 Å². The Morgan fingerprint density at radius 2 is 1.75 bits per heavy atom. The molecular weight excluding hydrogens is 456 g/mol. The summed E-state index contributed by atoms with van der Waals surface area (Å²) < 4.78 is 29.2. The zero-order valence-electron chi connectivity index (χ0n) is 13.5. The van der Waals surface area contributed by atoms with Crippen LogP contribution in [0.3, 0.4) is 0 Å². The molecule has 130 valence electrons. The van der Waals surface area contributed by atoms with E-state index in [-0.39, 0.29) is 10.9 Å². The highest BCUT2D eigenvalue weighted by molar-refractivity contribution is 9.11. The van der Waals surface area contributed by atoms with Gasteiger partial charge in [-0.3, -0.25) is 0 Å². The van der Waals surface area contributed by atoms with Gasteiger partial charge in [0.25, 0.3) is 0 Å². The number of halogens is 2. The highest BCUT2D eigenvalue weighted by Gasteiger charge is 2.21. The molecule has 2 aromatic rings. The maximum Gasteiger partial charge on any atom is 0.241 e. The maximum absolute atomic E-state index is 12.6. The summed E-state index contributed by atoms with van der Waals surface area (Å²) >= 11 is 6.62. The molecule has 2 rings (SSSR count). The summed E-state index contributed by atoms with van der Waals surface area (Å²) in [6.07, 6.45) is 0.774. The second-order valence-corrected chi connectivity index (χ2v) is 9.24. The second-order valence-electron chi connectivity index (χ2n) is 5.73. The van der Waals surface area contributed by atoms with Gasteiger partial charge in [0.05, 0.1) is 4.90 Å². The van der Waals surface area contributed by atoms with E-state index in [0.717, 1.165) is 10.9 Å². The Hall–Kier alpha value is -0.730. The van der Waals surface area contributed by atoms with Crippen molar-refractivity contribution in [2.75, 3.05) is 20.6 Å². The number of hydrogen-bond acceptors (Lipinski definition) is 3. The number of sulfonamides is 1. The molecule has 0 fully saturated rings. The maximum atomic E-state index is 12.6. The smallest absolute Gasteiger partial charge is 0.241 e. The number of nitrogens with one attached hydrogen (secondary N) is 1. The van der Waals surface area contributed by atoms with Crippen molar-refractivity contribution in [2.45, 2.75) is 17.4 Å². The largest absolute Gasteiger partial charge is 0.305 e. The van der Waals surface area contributed by atoms with Crippen molar-refractivity contribution < 1.29 is 8.42 Å². The van der Waals surface area contributed by atoms with Crippen molar-refractivity contribution in [3.8, 4) is 0 Å². The molecule has 0 radical (unpaired) electrons. The second kappa shape index (κ2) is 8.58. The molecule has 0 heterocycles. The lowest BCUT2D eigenvalue weighted by atomic mass is 10.1. The molecule has 0 amide bonds. The van der Waals surface area contributed by atoms with Crippen LogP contribution in [0.5, 0.6) is 0 Å². The molecule has 0 aromatic heterocycles. The Morgan fingerprint density at radius 3 is 2.38 bits per heavy atom. The summed E-state index contributed by atoms with van der Waals surface area (Å²) in [6.45, 7) is 0.336. The number of nitrogens with zero attached hydrogens (tertiary/aromatic N) is 1. The summed E-state index contributed by atoms with van der Waals surface area (Å²) in [4.78, 5) is 2.26. The van der Waals surface area contributed by atoms with Crippen LogP contribution in [0.25, 0.3) is 0 Å². The normalized spacial score (nSPS) is 13.2. The van der Waals surface area contributed by atoms with Gasteiger partial charge in [-0.2, -0.15) is 0 Å². The Labute approximate surface area is 160 Å². The van der Waals surface area contributed by atoms with Crippen LogP contribution in [0.4, 0.5) is 0 Å². The molecule has 4 nitrogen and oxygen atoms in total. The van der Waals surface area contributed by atoms with Crippen LogP contribution in [0, 0.1) is 0 Å². The van der Waals surface area contributed by atoms with Crippen LogP contribution in [-0.4, -0.2) is 40.0 Å². The third-order valence-corrected chi connectivity index (χ3v) is 6.65. The molecule has 1 atom stereocenters. The minimum Gasteiger partial charge on any atom is -0.305 e. The standard InChI is InChI=1S/C17H20Br2N2O2S/c1-21(2)15(10-13-6-4-3-5-7-13)12-20-24(22,23)17-11-14(18)8-9-16(17)19/h3-9,11,15,20H,10,12H2,1-2H3/t15-/m0/s1. The lowest BCUT2D eigenvalue weighted by Crippen LogP contribution is -2.41. The summed E-state index contributed by atoms with van der Waals surface area (Å²) in [6, 6.07) is 15.2. The fourth-order valence-corrected chi connectivity index (χ4v) is 4.86. The Bertz CT molecular complexity index is 780. The third-order valence-electron chi connectivity index (χ3n) is 3.74. The molecule has 0 aliphatic rings. The zero-order chi connectivity index (χ0) is 17.7. The summed E-state index contributed by atoms with van der Waals surface area (Å²) in [7, 11) is 0.323. The van der Waals surface area contributed by atoms with Crippen LogP contribution >= 0.6 is 31.9 Å². The van der Waals surface area contributed by atoms with E-state index in [2.05, 4.69) is 48.7 Å². The van der Waals surface area contributed by atoms with Gasteiger partial charge < -0.3 is 4.90 Å². The SMILES string of the molecule is CN(C)[C@H](CNS(=O)(=O)c1cc(Br)ccc1Br)Cc1ccccc1. The van der Waals surface area contributed by atoms with Gasteiger partial charge in [0.1, 0.15) is 0 Å². The summed E-state index contributed by atoms with van der Waals surface area (Å²) in [5, 5.41) is 0. The quantitative estimate of drug-likeness (QED) is 0.664. The lowest BCUT2D eigenvalue weighted by Gasteiger charge is -2.25. The molecule has 0 bridgehead atoms. The molecule has 0 spiro atoms. The van der Waals surface area contributed by atoms with Gasteiger partial charge in [-0.1, -0.05) is 46.3 Å². The Balaban J connectivity index is 2.12. The lowest BCUT2D eigenvalue weighted by molar-refractivity contribution is 0.291. The first kappa shape index (κ1) is 19.6. The van der Waals surface area contributed by atoms with Gasteiger partial charge in [0.15, 0.2) is 0 Å². The van der Waals surface area contributed by atoms with Crippen LogP contribution in [0.15, 0.2) is 62.4 Å². The van der Waals surface area contributed by atoms with Gasteiger partial charge in [-0.05, 0) is 60.2 Å². The molecular formula is C17H20Br2N2O2S. The van der Waals surface area contributed by atoms with E-state index < -0.39 is 10.0 Å². The fourth-order valence-electron chi connectivity index (χ4n) is 2.29. The number of rotatable bonds is 7. The van der Waals surface area contributed by atoms with Crippen LogP contribution < -0.4 is 4.72 Å². The summed E-state index contributed by atoms with van der Waals surface area (Å²) in [5.74, 6) is 0. The van der Waals surface area contributed by atoms with Crippen molar-refractivity contribution >= 4 is 41.9 Å². The molecule has 0 saturated heterocycles. The first-order chi connectivity index (χ1) is 11.3. The van der Waals surface area contributed by atoms with Gasteiger partial charge in [0, 0.05) is 21.5 Å². The molecule has 24 heavy (non-hydrogen) atoms. The van der Waals surface area contributed by atoms with Gasteiger partial charge >= 0.3 is 0 Å². The first-order valence-corrected chi connectivity index (χ1v) is 10.5. The van der Waals surface area contributed by atoms with Crippen LogP contribution in [0.1, 0.15) is 5.56 Å². The molecule has 0 aliphatic heterocycles. The number of likely N-dealkylation sites (N-methyl/N-ethyl adjacent to an activating group) is 1. The van der Waals surface area contributed by atoms with Crippen molar-refractivity contribution in [1.29, 1.82) is 0 Å². The van der Waals surface area contributed by atoms with Crippen molar-refractivity contribution in [2.24, 2.45) is 0 Å². The molecule has 0 aliphatic carbocycles. The Morgan fingerprint density at radius 1 is 1.08 bits per heavy atom. The highest BCUT2D eigenvalue weighted by atomic mass is 79.9. The fraction of sp³-hybridized carbons (Fsp3) is 0.294. The minimum absolute atomic E-state index is 0.0631. The van der Waals surface area contributed by atoms with Crippen molar-refractivity contribution in [3.05, 3.63) is 63.0 Å². The number of hydrogen-bond donors (Lipinski definition) is 1. The van der Waals surface area contributed by atoms with Gasteiger partial charge in [0.2, 0.25) is 10.0 Å². The van der Waals surface area contributed by atoms with E-state index in [1.165, 1.54) is 5.56 Å². The van der Waals surface area contributed by atoms with E-state index in [1.807, 2.05) is 37.2 Å². The van der Waals surface area contributed by atoms with E-state index in [4.69, 9.17) is 0 Å². The monoisotopic (exact) mass is 474 g/mol. The molecule has 2 aromatic carbocycles. The average Bonchev–Trinajstić information content (AvgIpc) is 2.54. The van der Waals surface area contributed by atoms with Gasteiger partial charge in [-0.25, -0.2) is 13.1 Å². The van der Waals surface area contributed by atoms with E-state index in [9.17, 15) is 8.42 Å². The average molecular weight is 476 g/mol. The first-order valence-electron chi connectivity index (χ1n) is 7.44. The topological polar surface area (TPSA) is 49.4 Å². The van der Waals surface area contributed by atoms with Crippen LogP contribution in [0.2, 0.25) is 0 Å². The third kappa shape index (κ3) is 5.39. The summed E-state index contributed by atoms with van der Waals surface area (Å²) in [5.41, 5.74) is 1.18. The van der Waals surface area contributed by atoms with Crippen LogP contribution in [-0.2, 0) is 16.4 Å². The predicted octanol–water partition coefficient (Wildman–Crippen LogP) is 3.66. The Kier molecular flexibility index (Phi) is 7.00. The van der Waals surface area contributed by atoms with E-state index in [1.54, 1.807) is 18.2 Å².